The first-order valence-electron chi connectivity index (χ1n) is 4.26. The molecule has 4 heteroatoms. The highest BCUT2D eigenvalue weighted by molar-refractivity contribution is 7.90. The summed E-state index contributed by atoms with van der Waals surface area (Å²) in [6, 6.07) is 3.63. The molecular formula is C9H15NO2S. The summed E-state index contributed by atoms with van der Waals surface area (Å²) in [5.41, 5.74) is 1.54. The summed E-state index contributed by atoms with van der Waals surface area (Å²) in [7, 11) is -3.18. The van der Waals surface area contributed by atoms with E-state index in [4.69, 9.17) is 0 Å². The lowest BCUT2D eigenvalue weighted by molar-refractivity contribution is 0.576. The standard InChI is InChI=1S/C9H15NO2S/c1-7(2)13(11,12)10-8(3)5-6-9(10)4/h5-7H,1-4H3. The van der Waals surface area contributed by atoms with Crippen LogP contribution >= 0.6 is 0 Å². The predicted molar refractivity (Wildman–Crippen MR) is 53.4 cm³/mol. The predicted octanol–water partition coefficient (Wildman–Crippen LogP) is 1.69. The van der Waals surface area contributed by atoms with E-state index in [2.05, 4.69) is 0 Å². The quantitative estimate of drug-likeness (QED) is 0.730. The number of nitrogens with zero attached hydrogens (tertiary/aromatic N) is 1. The molecule has 1 rings (SSSR count). The van der Waals surface area contributed by atoms with Gasteiger partial charge in [-0.1, -0.05) is 0 Å². The highest BCUT2D eigenvalue weighted by atomic mass is 32.2. The van der Waals surface area contributed by atoms with Crippen LogP contribution in [0.25, 0.3) is 0 Å². The van der Waals surface area contributed by atoms with Crippen molar-refractivity contribution in [1.29, 1.82) is 0 Å². The van der Waals surface area contributed by atoms with Gasteiger partial charge in [0.1, 0.15) is 0 Å². The van der Waals surface area contributed by atoms with Crippen LogP contribution in [0.3, 0.4) is 0 Å². The van der Waals surface area contributed by atoms with Crippen molar-refractivity contribution < 1.29 is 8.42 Å². The smallest absolute Gasteiger partial charge is 0.241 e. The van der Waals surface area contributed by atoms with Crippen LogP contribution in [0.2, 0.25) is 0 Å². The number of hydrogen-bond acceptors (Lipinski definition) is 2. The lowest BCUT2D eigenvalue weighted by Crippen LogP contribution is -2.24. The fourth-order valence-corrected chi connectivity index (χ4v) is 2.61. The number of rotatable bonds is 2. The van der Waals surface area contributed by atoms with Gasteiger partial charge in [-0.2, -0.15) is 0 Å². The fraction of sp³-hybridized carbons (Fsp3) is 0.556. The Morgan fingerprint density at radius 2 is 1.54 bits per heavy atom. The highest BCUT2D eigenvalue weighted by Gasteiger charge is 2.20. The van der Waals surface area contributed by atoms with Crippen molar-refractivity contribution in [3.8, 4) is 0 Å². The molecule has 0 saturated heterocycles. The maximum absolute atomic E-state index is 11.8. The molecule has 0 bridgehead atoms. The van der Waals surface area contributed by atoms with Gasteiger partial charge in [-0.3, -0.25) is 0 Å². The summed E-state index contributed by atoms with van der Waals surface area (Å²) >= 11 is 0. The molecule has 0 N–H and O–H groups in total. The molecule has 0 radical (unpaired) electrons. The molecule has 0 saturated carbocycles. The number of aromatic nitrogens is 1. The van der Waals surface area contributed by atoms with Gasteiger partial charge in [-0.25, -0.2) is 12.4 Å². The molecule has 0 aliphatic rings. The van der Waals surface area contributed by atoms with E-state index in [1.165, 1.54) is 3.97 Å². The summed E-state index contributed by atoms with van der Waals surface area (Å²) in [6.45, 7) is 6.97. The van der Waals surface area contributed by atoms with E-state index in [1.54, 1.807) is 27.7 Å². The zero-order valence-corrected chi connectivity index (χ0v) is 9.22. The molecule has 0 amide bonds. The molecule has 1 heterocycles. The fourth-order valence-electron chi connectivity index (χ4n) is 1.27. The van der Waals surface area contributed by atoms with Crippen molar-refractivity contribution in [2.75, 3.05) is 0 Å². The molecule has 0 atom stereocenters. The van der Waals surface area contributed by atoms with Gasteiger partial charge < -0.3 is 0 Å². The van der Waals surface area contributed by atoms with Crippen molar-refractivity contribution in [2.45, 2.75) is 32.9 Å². The second-order valence-electron chi connectivity index (χ2n) is 3.47. The maximum atomic E-state index is 11.8. The van der Waals surface area contributed by atoms with Gasteiger partial charge in [0, 0.05) is 11.4 Å². The van der Waals surface area contributed by atoms with Crippen LogP contribution in [0.15, 0.2) is 12.1 Å². The van der Waals surface area contributed by atoms with Crippen LogP contribution in [0.5, 0.6) is 0 Å². The van der Waals surface area contributed by atoms with Gasteiger partial charge in [-0.15, -0.1) is 0 Å². The third-order valence-corrected chi connectivity index (χ3v) is 4.33. The van der Waals surface area contributed by atoms with Gasteiger partial charge >= 0.3 is 0 Å². The van der Waals surface area contributed by atoms with E-state index >= 15 is 0 Å². The lowest BCUT2D eigenvalue weighted by Gasteiger charge is -2.13. The minimum atomic E-state index is -3.18. The molecule has 0 unspecified atom stereocenters. The molecule has 1 aromatic heterocycles. The lowest BCUT2D eigenvalue weighted by atomic mass is 10.5. The number of aryl methyl sites for hydroxylation is 2. The Morgan fingerprint density at radius 1 is 1.15 bits per heavy atom. The third kappa shape index (κ3) is 1.63. The Morgan fingerprint density at radius 3 is 1.85 bits per heavy atom. The second kappa shape index (κ2) is 3.18. The Balaban J connectivity index is 3.38. The molecule has 0 spiro atoms. The van der Waals surface area contributed by atoms with Crippen molar-refractivity contribution in [3.05, 3.63) is 23.5 Å². The SMILES string of the molecule is Cc1ccc(C)n1S(=O)(=O)C(C)C. The van der Waals surface area contributed by atoms with Crippen molar-refractivity contribution in [2.24, 2.45) is 0 Å². The second-order valence-corrected chi connectivity index (χ2v) is 5.81. The first kappa shape index (κ1) is 10.3. The third-order valence-electron chi connectivity index (χ3n) is 2.06. The summed E-state index contributed by atoms with van der Waals surface area (Å²) in [5.74, 6) is 0. The van der Waals surface area contributed by atoms with Crippen LogP contribution < -0.4 is 0 Å². The average Bonchev–Trinajstić information content (AvgIpc) is 2.30. The zero-order valence-electron chi connectivity index (χ0n) is 8.40. The summed E-state index contributed by atoms with van der Waals surface area (Å²) < 4.78 is 25.0. The summed E-state index contributed by atoms with van der Waals surface area (Å²) in [5, 5.41) is -0.378. The molecule has 1 aromatic rings. The van der Waals surface area contributed by atoms with E-state index in [0.717, 1.165) is 11.4 Å². The molecule has 3 nitrogen and oxygen atoms in total. The van der Waals surface area contributed by atoms with Crippen LogP contribution in [0, 0.1) is 13.8 Å². The van der Waals surface area contributed by atoms with Gasteiger partial charge in [0.05, 0.1) is 5.25 Å². The first-order valence-corrected chi connectivity index (χ1v) is 5.77. The van der Waals surface area contributed by atoms with Gasteiger partial charge in [0.15, 0.2) is 0 Å². The van der Waals surface area contributed by atoms with E-state index in [1.807, 2.05) is 12.1 Å². The summed E-state index contributed by atoms with van der Waals surface area (Å²) in [6.07, 6.45) is 0. The topological polar surface area (TPSA) is 39.1 Å². The normalized spacial score (nSPS) is 12.4. The molecule has 0 aromatic carbocycles. The Bertz CT molecular complexity index is 382. The van der Waals surface area contributed by atoms with E-state index < -0.39 is 10.0 Å². The van der Waals surface area contributed by atoms with Crippen LogP contribution in [0.4, 0.5) is 0 Å². The van der Waals surface area contributed by atoms with E-state index in [-0.39, 0.29) is 5.25 Å². The number of hydrogen-bond donors (Lipinski definition) is 0. The van der Waals surface area contributed by atoms with Crippen molar-refractivity contribution in [3.63, 3.8) is 0 Å². The average molecular weight is 201 g/mol. The minimum absolute atomic E-state index is 0.378. The molecule has 74 valence electrons. The molecule has 0 fully saturated rings. The molecule has 13 heavy (non-hydrogen) atoms. The van der Waals surface area contributed by atoms with Crippen molar-refractivity contribution >= 4 is 10.0 Å². The van der Waals surface area contributed by atoms with E-state index in [9.17, 15) is 8.42 Å². The highest BCUT2D eigenvalue weighted by Crippen LogP contribution is 2.14. The molecular weight excluding hydrogens is 186 g/mol. The monoisotopic (exact) mass is 201 g/mol. The van der Waals surface area contributed by atoms with Gasteiger partial charge in [-0.05, 0) is 39.8 Å². The Kier molecular flexibility index (Phi) is 2.52. The van der Waals surface area contributed by atoms with Crippen LogP contribution in [0.1, 0.15) is 25.2 Å². The summed E-state index contributed by atoms with van der Waals surface area (Å²) in [4.78, 5) is 0. The van der Waals surface area contributed by atoms with Gasteiger partial charge in [0.2, 0.25) is 10.0 Å². The first-order chi connectivity index (χ1) is 5.87. The van der Waals surface area contributed by atoms with Crippen molar-refractivity contribution in [1.82, 2.24) is 3.97 Å². The maximum Gasteiger partial charge on any atom is 0.241 e. The Hall–Kier alpha value is -0.770. The molecule has 0 aliphatic carbocycles. The van der Waals surface area contributed by atoms with Crippen LogP contribution in [-0.4, -0.2) is 17.6 Å². The minimum Gasteiger partial charge on any atom is -0.247 e. The van der Waals surface area contributed by atoms with E-state index in [0.29, 0.717) is 0 Å². The zero-order chi connectivity index (χ0) is 10.2. The Labute approximate surface area is 79.4 Å². The van der Waals surface area contributed by atoms with Gasteiger partial charge in [0.25, 0.3) is 0 Å². The van der Waals surface area contributed by atoms with Crippen LogP contribution in [-0.2, 0) is 10.0 Å². The molecule has 0 aliphatic heterocycles. The largest absolute Gasteiger partial charge is 0.247 e.